The minimum absolute atomic E-state index is 0.0367. The number of hydrogen-bond acceptors (Lipinski definition) is 3. The van der Waals surface area contributed by atoms with Gasteiger partial charge in [0, 0.05) is 37.4 Å². The van der Waals surface area contributed by atoms with Crippen LogP contribution < -0.4 is 5.32 Å². The number of carbonyl (C=O) groups excluding carboxylic acids is 1. The third-order valence-electron chi connectivity index (χ3n) is 3.73. The molecular formula is C19H14F3N3OS. The minimum Gasteiger partial charge on any atom is -0.326 e. The highest BCUT2D eigenvalue weighted by atomic mass is 32.1. The fourth-order valence-electron chi connectivity index (χ4n) is 2.54. The fraction of sp³-hybridized carbons (Fsp3) is 0.105. The summed E-state index contributed by atoms with van der Waals surface area (Å²) in [6, 6.07) is 10.5. The van der Waals surface area contributed by atoms with Gasteiger partial charge in [0.15, 0.2) is 17.5 Å². The standard InChI is InChI=1S/C19H14F3N3OS/c1-11(26)23-13-4-2-3-12(7-13)8-17-18(27)5-6-25(24-17)14-9-15(20)19(22)16(21)10-14/h2-7,9-10H,8H2,1H3,(H,23,26). The van der Waals surface area contributed by atoms with Crippen molar-refractivity contribution in [3.8, 4) is 5.69 Å². The van der Waals surface area contributed by atoms with Crippen LogP contribution in [0.4, 0.5) is 18.9 Å². The summed E-state index contributed by atoms with van der Waals surface area (Å²) in [6.07, 6.45) is 1.80. The van der Waals surface area contributed by atoms with Crippen LogP contribution in [0.2, 0.25) is 0 Å². The molecule has 0 saturated heterocycles. The summed E-state index contributed by atoms with van der Waals surface area (Å²) in [5.74, 6) is -4.32. The first kappa shape index (κ1) is 18.8. The van der Waals surface area contributed by atoms with Crippen molar-refractivity contribution in [1.29, 1.82) is 0 Å². The zero-order valence-electron chi connectivity index (χ0n) is 14.2. The number of nitrogens with zero attached hydrogens (tertiary/aromatic N) is 2. The van der Waals surface area contributed by atoms with Crippen molar-refractivity contribution in [2.45, 2.75) is 13.3 Å². The molecule has 0 unspecified atom stereocenters. The number of anilines is 1. The Morgan fingerprint density at radius 1 is 1.15 bits per heavy atom. The summed E-state index contributed by atoms with van der Waals surface area (Å²) in [5, 5.41) is 7.00. The van der Waals surface area contributed by atoms with Gasteiger partial charge in [-0.05, 0) is 23.8 Å². The number of aromatic nitrogens is 2. The van der Waals surface area contributed by atoms with E-state index in [-0.39, 0.29) is 11.6 Å². The first-order chi connectivity index (χ1) is 12.8. The van der Waals surface area contributed by atoms with Crippen molar-refractivity contribution in [3.63, 3.8) is 0 Å². The van der Waals surface area contributed by atoms with Gasteiger partial charge in [0.05, 0.1) is 15.9 Å². The Morgan fingerprint density at radius 2 is 1.85 bits per heavy atom. The Labute approximate surface area is 158 Å². The molecule has 0 radical (unpaired) electrons. The van der Waals surface area contributed by atoms with E-state index in [0.29, 0.717) is 22.3 Å². The number of carbonyl (C=O) groups is 1. The van der Waals surface area contributed by atoms with Crippen molar-refractivity contribution in [3.05, 3.63) is 81.9 Å². The van der Waals surface area contributed by atoms with Crippen LogP contribution in [0.5, 0.6) is 0 Å². The highest BCUT2D eigenvalue weighted by Gasteiger charge is 2.12. The Bertz CT molecular complexity index is 1060. The maximum atomic E-state index is 13.5. The summed E-state index contributed by atoms with van der Waals surface area (Å²) in [4.78, 5) is 11.2. The molecule has 1 N–H and O–H groups in total. The maximum absolute atomic E-state index is 13.5. The molecule has 0 aliphatic carbocycles. The fourth-order valence-corrected chi connectivity index (χ4v) is 2.72. The van der Waals surface area contributed by atoms with Crippen LogP contribution in [0.25, 0.3) is 5.69 Å². The smallest absolute Gasteiger partial charge is 0.221 e. The molecule has 0 saturated carbocycles. The molecular weight excluding hydrogens is 375 g/mol. The summed E-state index contributed by atoms with van der Waals surface area (Å²) < 4.78 is 41.8. The van der Waals surface area contributed by atoms with Gasteiger partial charge in [0.2, 0.25) is 5.91 Å². The predicted octanol–water partition coefficient (Wildman–Crippen LogP) is 4.57. The molecule has 27 heavy (non-hydrogen) atoms. The van der Waals surface area contributed by atoms with E-state index in [1.165, 1.54) is 17.8 Å². The molecule has 1 heterocycles. The van der Waals surface area contributed by atoms with Crippen LogP contribution in [0.3, 0.4) is 0 Å². The molecule has 1 amide bonds. The van der Waals surface area contributed by atoms with E-state index < -0.39 is 17.5 Å². The van der Waals surface area contributed by atoms with Gasteiger partial charge in [-0.15, -0.1) is 0 Å². The summed E-state index contributed by atoms with van der Waals surface area (Å²) >= 11 is 5.28. The molecule has 0 bridgehead atoms. The number of amides is 1. The lowest BCUT2D eigenvalue weighted by Crippen LogP contribution is -2.08. The second kappa shape index (κ2) is 7.71. The maximum Gasteiger partial charge on any atom is 0.221 e. The van der Waals surface area contributed by atoms with Crippen LogP contribution in [0.1, 0.15) is 18.2 Å². The SMILES string of the molecule is CC(=O)Nc1cccc(Cc2nn(-c3cc(F)c(F)c(F)c3)ccc2=S)c1. The van der Waals surface area contributed by atoms with Crippen LogP contribution in [-0.2, 0) is 11.2 Å². The Hall–Kier alpha value is -3.00. The number of hydrogen-bond donors (Lipinski definition) is 1. The molecule has 138 valence electrons. The van der Waals surface area contributed by atoms with Crippen LogP contribution in [0.15, 0.2) is 48.7 Å². The average Bonchev–Trinajstić information content (AvgIpc) is 2.61. The summed E-state index contributed by atoms with van der Waals surface area (Å²) in [6.45, 7) is 1.41. The second-order valence-electron chi connectivity index (χ2n) is 5.85. The number of benzene rings is 2. The molecule has 2 aromatic carbocycles. The van der Waals surface area contributed by atoms with E-state index in [4.69, 9.17) is 12.2 Å². The normalized spacial score (nSPS) is 10.7. The molecule has 3 aromatic rings. The zero-order valence-corrected chi connectivity index (χ0v) is 15.0. The molecule has 0 aliphatic heterocycles. The quantitative estimate of drug-likeness (QED) is 0.525. The van der Waals surface area contributed by atoms with E-state index in [9.17, 15) is 18.0 Å². The van der Waals surface area contributed by atoms with Gasteiger partial charge >= 0.3 is 0 Å². The van der Waals surface area contributed by atoms with Crippen LogP contribution in [-0.4, -0.2) is 15.7 Å². The highest BCUT2D eigenvalue weighted by molar-refractivity contribution is 7.71. The van der Waals surface area contributed by atoms with Crippen molar-refractivity contribution in [2.75, 3.05) is 5.32 Å². The minimum atomic E-state index is -1.53. The molecule has 0 fully saturated rings. The van der Waals surface area contributed by atoms with Gasteiger partial charge in [0.25, 0.3) is 0 Å². The third-order valence-corrected chi connectivity index (χ3v) is 4.10. The van der Waals surface area contributed by atoms with E-state index in [1.54, 1.807) is 24.3 Å². The lowest BCUT2D eigenvalue weighted by Gasteiger charge is -2.10. The largest absolute Gasteiger partial charge is 0.326 e. The zero-order chi connectivity index (χ0) is 19.6. The monoisotopic (exact) mass is 389 g/mol. The average molecular weight is 389 g/mol. The van der Waals surface area contributed by atoms with Gasteiger partial charge < -0.3 is 5.32 Å². The van der Waals surface area contributed by atoms with E-state index in [0.717, 1.165) is 17.7 Å². The molecule has 4 nitrogen and oxygen atoms in total. The van der Waals surface area contributed by atoms with Crippen molar-refractivity contribution >= 4 is 23.8 Å². The van der Waals surface area contributed by atoms with Gasteiger partial charge in [-0.2, -0.15) is 5.10 Å². The number of rotatable bonds is 4. The number of nitrogens with one attached hydrogen (secondary N) is 1. The van der Waals surface area contributed by atoms with Crippen LogP contribution >= 0.6 is 12.2 Å². The molecule has 8 heteroatoms. The van der Waals surface area contributed by atoms with Gasteiger partial charge in [-0.25, -0.2) is 17.9 Å². The predicted molar refractivity (Wildman–Crippen MR) is 97.8 cm³/mol. The Kier molecular flexibility index (Phi) is 5.36. The first-order valence-corrected chi connectivity index (χ1v) is 8.34. The van der Waals surface area contributed by atoms with Gasteiger partial charge in [-0.3, -0.25) is 4.79 Å². The second-order valence-corrected chi connectivity index (χ2v) is 6.29. The first-order valence-electron chi connectivity index (χ1n) is 7.94. The molecule has 3 rings (SSSR count). The summed E-state index contributed by atoms with van der Waals surface area (Å²) in [7, 11) is 0. The van der Waals surface area contributed by atoms with Crippen molar-refractivity contribution in [1.82, 2.24) is 9.78 Å². The third kappa shape index (κ3) is 4.40. The highest BCUT2D eigenvalue weighted by Crippen LogP contribution is 2.18. The molecule has 0 spiro atoms. The molecule has 0 atom stereocenters. The van der Waals surface area contributed by atoms with Crippen molar-refractivity contribution < 1.29 is 18.0 Å². The Morgan fingerprint density at radius 3 is 2.52 bits per heavy atom. The van der Waals surface area contributed by atoms with Gasteiger partial charge in [-0.1, -0.05) is 24.4 Å². The van der Waals surface area contributed by atoms with Gasteiger partial charge in [0.1, 0.15) is 0 Å². The van der Waals surface area contributed by atoms with Crippen molar-refractivity contribution in [2.24, 2.45) is 0 Å². The topological polar surface area (TPSA) is 46.9 Å². The lowest BCUT2D eigenvalue weighted by atomic mass is 10.1. The summed E-state index contributed by atoms with van der Waals surface area (Å²) in [5.41, 5.74) is 2.01. The van der Waals surface area contributed by atoms with Crippen LogP contribution in [0, 0.1) is 22.0 Å². The Balaban J connectivity index is 1.95. The molecule has 0 aliphatic rings. The van der Waals surface area contributed by atoms with E-state index in [1.807, 2.05) is 6.07 Å². The lowest BCUT2D eigenvalue weighted by molar-refractivity contribution is -0.114. The van der Waals surface area contributed by atoms with E-state index >= 15 is 0 Å². The van der Waals surface area contributed by atoms with E-state index in [2.05, 4.69) is 10.4 Å². The molecule has 1 aromatic heterocycles. The number of halogens is 3.